The average molecular weight is 1520 g/mol. The molecule has 0 amide bonds. The maximum Gasteiger partial charge on any atom is 0.472 e. The Labute approximate surface area is 642 Å². The third-order valence-electron chi connectivity index (χ3n) is 16.5. The number of carbonyl (C=O) groups excluding carboxylic acids is 4. The zero-order valence-electron chi connectivity index (χ0n) is 66.1. The van der Waals surface area contributed by atoms with E-state index in [1.807, 2.05) is 18.2 Å². The lowest BCUT2D eigenvalue weighted by Crippen LogP contribution is -2.30. The summed E-state index contributed by atoms with van der Waals surface area (Å²) in [6, 6.07) is 0. The highest BCUT2D eigenvalue weighted by Crippen LogP contribution is 2.45. The monoisotopic (exact) mass is 1520 g/mol. The number of aliphatic hydroxyl groups excluding tert-OH is 1. The van der Waals surface area contributed by atoms with Gasteiger partial charge in [-0.15, -0.1) is 0 Å². The van der Waals surface area contributed by atoms with E-state index in [4.69, 9.17) is 37.0 Å². The van der Waals surface area contributed by atoms with Crippen LogP contribution in [0, 0.1) is 0 Å². The van der Waals surface area contributed by atoms with Crippen LogP contribution < -0.4 is 0 Å². The average Bonchev–Trinajstić information content (AvgIpc) is 0.902. The van der Waals surface area contributed by atoms with Gasteiger partial charge in [0.25, 0.3) is 0 Å². The van der Waals surface area contributed by atoms with E-state index in [-0.39, 0.29) is 25.7 Å². The molecule has 17 nitrogen and oxygen atoms in total. The molecule has 0 aromatic carbocycles. The van der Waals surface area contributed by atoms with Crippen molar-refractivity contribution in [2.45, 2.75) is 329 Å². The molecule has 0 fully saturated rings. The second-order valence-electron chi connectivity index (χ2n) is 26.6. The minimum atomic E-state index is -5.01. The Balaban J connectivity index is 5.47. The first kappa shape index (κ1) is 101. The van der Waals surface area contributed by atoms with Crippen molar-refractivity contribution in [2.24, 2.45) is 0 Å². The molecule has 0 aliphatic carbocycles. The van der Waals surface area contributed by atoms with Gasteiger partial charge >= 0.3 is 39.5 Å². The number of phosphoric acid groups is 2. The van der Waals surface area contributed by atoms with Crippen molar-refractivity contribution in [3.05, 3.63) is 158 Å². The number of carbonyl (C=O) groups is 4. The zero-order valence-corrected chi connectivity index (χ0v) is 67.8. The lowest BCUT2D eigenvalue weighted by Gasteiger charge is -2.21. The van der Waals surface area contributed by atoms with Crippen LogP contribution in [-0.4, -0.2) is 96.7 Å². The van der Waals surface area contributed by atoms with Crippen molar-refractivity contribution in [3.63, 3.8) is 0 Å². The fourth-order valence-corrected chi connectivity index (χ4v) is 12.0. The third kappa shape index (κ3) is 76.9. The van der Waals surface area contributed by atoms with Gasteiger partial charge in [-0.25, -0.2) is 9.13 Å². The van der Waals surface area contributed by atoms with Crippen molar-refractivity contribution in [1.29, 1.82) is 0 Å². The Kier molecular flexibility index (Phi) is 73.9. The normalized spacial score (nSPS) is 14.7. The van der Waals surface area contributed by atoms with Crippen molar-refractivity contribution in [1.82, 2.24) is 0 Å². The molecule has 0 spiro atoms. The van der Waals surface area contributed by atoms with Crippen LogP contribution in [0.15, 0.2) is 158 Å². The number of esters is 4. The van der Waals surface area contributed by atoms with E-state index in [1.165, 1.54) is 64.2 Å². The van der Waals surface area contributed by atoms with Crippen LogP contribution >= 0.6 is 15.6 Å². The Morgan fingerprint density at radius 2 is 0.509 bits per heavy atom. The predicted octanol–water partition coefficient (Wildman–Crippen LogP) is 24.0. The zero-order chi connectivity index (χ0) is 77.4. The number of ether oxygens (including phenoxy) is 4. The Hall–Kier alpha value is -5.32. The van der Waals surface area contributed by atoms with E-state index in [0.717, 1.165) is 161 Å². The van der Waals surface area contributed by atoms with Gasteiger partial charge in [0.2, 0.25) is 0 Å². The second kappa shape index (κ2) is 77.8. The summed E-state index contributed by atoms with van der Waals surface area (Å²) in [7, 11) is -10.0. The molecule has 3 N–H and O–H groups in total. The molecule has 106 heavy (non-hydrogen) atoms. The highest BCUT2D eigenvalue weighted by molar-refractivity contribution is 7.47. The molecular formula is C87H144O17P2. The fraction of sp³-hybridized carbons (Fsp3) is 0.655. The minimum Gasteiger partial charge on any atom is -0.462 e. The topological polar surface area (TPSA) is 237 Å². The summed E-state index contributed by atoms with van der Waals surface area (Å²) in [4.78, 5) is 73.1. The molecule has 0 saturated heterocycles. The van der Waals surface area contributed by atoms with Gasteiger partial charge in [0.05, 0.1) is 26.4 Å². The summed E-state index contributed by atoms with van der Waals surface area (Å²) in [6.07, 6.45) is 90.9. The largest absolute Gasteiger partial charge is 0.472 e. The van der Waals surface area contributed by atoms with Crippen molar-refractivity contribution >= 4 is 39.5 Å². The fourth-order valence-electron chi connectivity index (χ4n) is 10.4. The molecule has 0 radical (unpaired) electrons. The summed E-state index contributed by atoms with van der Waals surface area (Å²) in [5.41, 5.74) is 0. The smallest absolute Gasteiger partial charge is 0.462 e. The molecule has 0 aliphatic heterocycles. The standard InChI is InChI=1S/C87H144O17P2/c1-5-9-13-17-21-25-29-33-37-39-40-42-45-48-52-56-60-64-68-72-85(90)98-78-83(104-87(92)74-70-66-62-58-54-50-46-41-38-34-30-26-22-18-14-10-6-2)80-102-106(95,96)100-76-81(88)75-99-105(93,94)101-79-82(103-86(91)73-69-65-61-57-53-49-44-36-32-28-24-20-16-12-8-4)77-97-84(89)71-67-63-59-55-51-47-43-35-31-27-23-19-15-11-7-3/h9-11,13-15,21-23,25-27,33-35,37-38,40,42-43,48,51-52,55,60,64,81-83,88H,5-8,12,16-20,24,28-32,36,39,41,44-47,49-50,53-54,56-59,61-63,65-80H2,1-4H3,(H,93,94)(H,95,96)/b13-9-,14-10-,15-11-,25-21-,26-22-,27-23-,37-33-,38-34-,42-40-,43-35-,52-48-,55-51-,64-60-. The van der Waals surface area contributed by atoms with E-state index in [2.05, 4.69) is 167 Å². The molecule has 5 atom stereocenters. The molecule has 0 aromatic heterocycles. The van der Waals surface area contributed by atoms with Gasteiger partial charge in [-0.05, 0) is 135 Å². The lowest BCUT2D eigenvalue weighted by molar-refractivity contribution is -0.161. The Morgan fingerprint density at radius 1 is 0.274 bits per heavy atom. The quantitative estimate of drug-likeness (QED) is 0.0169. The molecule has 5 unspecified atom stereocenters. The summed E-state index contributed by atoms with van der Waals surface area (Å²) < 4.78 is 68.6. The summed E-state index contributed by atoms with van der Waals surface area (Å²) in [6.45, 7) is 4.41. The highest BCUT2D eigenvalue weighted by Gasteiger charge is 2.30. The predicted molar refractivity (Wildman–Crippen MR) is 436 cm³/mol. The van der Waals surface area contributed by atoms with Crippen LogP contribution in [0.25, 0.3) is 0 Å². The molecule has 0 aromatic rings. The maximum absolute atomic E-state index is 13.1. The first-order valence-electron chi connectivity index (χ1n) is 40.7. The second-order valence-corrected chi connectivity index (χ2v) is 29.5. The van der Waals surface area contributed by atoms with Crippen molar-refractivity contribution in [3.8, 4) is 0 Å². The Bertz CT molecular complexity index is 2630. The number of allylic oxidation sites excluding steroid dienone is 26. The molecule has 0 heterocycles. The Morgan fingerprint density at radius 3 is 0.830 bits per heavy atom. The summed E-state index contributed by atoms with van der Waals surface area (Å²) in [5.74, 6) is -2.33. The van der Waals surface area contributed by atoms with Gasteiger partial charge in [-0.3, -0.25) is 37.3 Å². The minimum absolute atomic E-state index is 0.0286. The van der Waals surface area contributed by atoms with Crippen molar-refractivity contribution in [2.75, 3.05) is 39.6 Å². The van der Waals surface area contributed by atoms with E-state index in [0.29, 0.717) is 32.1 Å². The summed E-state index contributed by atoms with van der Waals surface area (Å²) >= 11 is 0. The van der Waals surface area contributed by atoms with Gasteiger partial charge in [0.15, 0.2) is 12.2 Å². The van der Waals surface area contributed by atoms with Gasteiger partial charge in [0, 0.05) is 25.7 Å². The number of aliphatic hydroxyl groups is 1. The first-order chi connectivity index (χ1) is 51.7. The molecule has 604 valence electrons. The SMILES string of the molecule is CC/C=C\C/C=C\C/C=C\C/C=C\C/C=C\C/C=C\CCC(=O)OCC(COP(=O)(O)OCC(O)COP(=O)(O)OCC(COC(=O)CCCC/C=C\C/C=C\C/C=C\C/C=C\CC)OC(=O)CCCCCCCCCCCCCCCCC)OC(=O)CCCCCCCCC/C=C\C/C=C\C/C=C\CC. The number of hydrogen-bond acceptors (Lipinski definition) is 15. The van der Waals surface area contributed by atoms with Crippen LogP contribution in [-0.2, 0) is 65.4 Å². The third-order valence-corrected chi connectivity index (χ3v) is 18.4. The molecule has 0 aliphatic rings. The van der Waals surface area contributed by atoms with Crippen LogP contribution in [0.1, 0.15) is 310 Å². The summed E-state index contributed by atoms with van der Waals surface area (Å²) in [5, 5.41) is 10.7. The van der Waals surface area contributed by atoms with Crippen LogP contribution in [0.5, 0.6) is 0 Å². The van der Waals surface area contributed by atoms with Gasteiger partial charge in [-0.1, -0.05) is 308 Å². The van der Waals surface area contributed by atoms with Crippen LogP contribution in [0.3, 0.4) is 0 Å². The maximum atomic E-state index is 13.1. The van der Waals surface area contributed by atoms with Gasteiger partial charge in [-0.2, -0.15) is 0 Å². The number of phosphoric ester groups is 2. The molecular weight excluding hydrogens is 1380 g/mol. The van der Waals surface area contributed by atoms with Crippen molar-refractivity contribution < 1.29 is 80.2 Å². The number of unbranched alkanes of at least 4 members (excludes halogenated alkanes) is 23. The molecule has 19 heteroatoms. The molecule has 0 rings (SSSR count). The lowest BCUT2D eigenvalue weighted by atomic mass is 10.0. The van der Waals surface area contributed by atoms with E-state index in [1.54, 1.807) is 0 Å². The van der Waals surface area contributed by atoms with Gasteiger partial charge < -0.3 is 33.8 Å². The van der Waals surface area contributed by atoms with Crippen LogP contribution in [0.4, 0.5) is 0 Å². The van der Waals surface area contributed by atoms with E-state index in [9.17, 15) is 43.2 Å². The number of hydrogen-bond donors (Lipinski definition) is 3. The highest BCUT2D eigenvalue weighted by atomic mass is 31.2. The molecule has 0 bridgehead atoms. The number of rotatable bonds is 75. The van der Waals surface area contributed by atoms with Gasteiger partial charge in [0.1, 0.15) is 19.3 Å². The molecule has 0 saturated carbocycles. The van der Waals surface area contributed by atoms with Crippen LogP contribution in [0.2, 0.25) is 0 Å². The van der Waals surface area contributed by atoms with E-state index < -0.39 is 97.5 Å². The first-order valence-corrected chi connectivity index (χ1v) is 43.7. The van der Waals surface area contributed by atoms with E-state index >= 15 is 0 Å².